The van der Waals surface area contributed by atoms with Crippen molar-refractivity contribution in [2.75, 3.05) is 11.9 Å². The van der Waals surface area contributed by atoms with Gasteiger partial charge in [0.05, 0.1) is 0 Å². The van der Waals surface area contributed by atoms with Gasteiger partial charge in [-0.1, -0.05) is 81.5 Å². The van der Waals surface area contributed by atoms with E-state index in [9.17, 15) is 4.79 Å². The Hall–Kier alpha value is -2.42. The number of nitrogens with one attached hydrogen (secondary N) is 1. The van der Waals surface area contributed by atoms with Gasteiger partial charge in [-0.2, -0.15) is 0 Å². The van der Waals surface area contributed by atoms with Crippen LogP contribution in [0, 0.1) is 0 Å². The molecule has 1 amide bonds. The maximum Gasteiger partial charge on any atom is 0.264 e. The van der Waals surface area contributed by atoms with Crippen LogP contribution in [-0.2, 0) is 10.5 Å². The third-order valence-electron chi connectivity index (χ3n) is 4.02. The quantitative estimate of drug-likeness (QED) is 0.266. The van der Waals surface area contributed by atoms with Gasteiger partial charge >= 0.3 is 0 Å². The molecule has 4 aromatic rings. The van der Waals surface area contributed by atoms with Gasteiger partial charge in [-0.15, -0.1) is 10.2 Å². The fourth-order valence-electron chi connectivity index (χ4n) is 2.61. The minimum atomic E-state index is -0.265. The maximum atomic E-state index is 12.2. The Morgan fingerprint density at radius 3 is 2.66 bits per heavy atom. The van der Waals surface area contributed by atoms with E-state index < -0.39 is 0 Å². The van der Waals surface area contributed by atoms with E-state index in [1.54, 1.807) is 11.8 Å². The molecule has 1 aromatic heterocycles. The Bertz CT molecular complexity index is 1130. The zero-order valence-corrected chi connectivity index (χ0v) is 18.4. The van der Waals surface area contributed by atoms with Gasteiger partial charge in [0, 0.05) is 10.2 Å². The summed E-state index contributed by atoms with van der Waals surface area (Å²) in [5.74, 6) is 1.18. The second kappa shape index (κ2) is 9.39. The average Bonchev–Trinajstić information content (AvgIpc) is 3.19. The van der Waals surface area contributed by atoms with Crippen LogP contribution in [0.5, 0.6) is 5.75 Å². The Balaban J connectivity index is 1.27. The summed E-state index contributed by atoms with van der Waals surface area (Å²) in [6.45, 7) is -0.0840. The van der Waals surface area contributed by atoms with E-state index in [0.717, 1.165) is 25.3 Å². The van der Waals surface area contributed by atoms with Crippen molar-refractivity contribution in [3.05, 3.63) is 76.8 Å². The van der Waals surface area contributed by atoms with Crippen LogP contribution in [-0.4, -0.2) is 22.7 Å². The molecular weight excluding hydrogens is 470 g/mol. The number of halogens is 1. The molecule has 0 fully saturated rings. The van der Waals surface area contributed by atoms with E-state index in [0.29, 0.717) is 10.9 Å². The van der Waals surface area contributed by atoms with Gasteiger partial charge in [-0.25, -0.2) is 0 Å². The van der Waals surface area contributed by atoms with Gasteiger partial charge in [0.15, 0.2) is 10.9 Å². The van der Waals surface area contributed by atoms with Crippen LogP contribution in [0.3, 0.4) is 0 Å². The number of anilines is 1. The van der Waals surface area contributed by atoms with Crippen molar-refractivity contribution in [1.29, 1.82) is 0 Å². The van der Waals surface area contributed by atoms with Crippen LogP contribution in [0.15, 0.2) is 75.5 Å². The normalized spacial score (nSPS) is 10.8. The van der Waals surface area contributed by atoms with Crippen LogP contribution in [0.1, 0.15) is 5.56 Å². The highest BCUT2D eigenvalue weighted by atomic mass is 79.9. The zero-order chi connectivity index (χ0) is 20.1. The van der Waals surface area contributed by atoms with Gasteiger partial charge in [0.25, 0.3) is 5.91 Å². The molecule has 8 heteroatoms. The number of nitrogens with zero attached hydrogens (tertiary/aromatic N) is 2. The van der Waals surface area contributed by atoms with Crippen molar-refractivity contribution in [3.63, 3.8) is 0 Å². The highest BCUT2D eigenvalue weighted by Crippen LogP contribution is 2.28. The lowest BCUT2D eigenvalue weighted by Gasteiger charge is -2.06. The molecule has 0 aliphatic carbocycles. The number of thioether (sulfide) groups is 1. The Labute approximate surface area is 184 Å². The minimum absolute atomic E-state index is 0.0840. The summed E-state index contributed by atoms with van der Waals surface area (Å²) in [6, 6.07) is 21.9. The molecule has 0 radical (unpaired) electrons. The number of carbonyl (C=O) groups excluding carboxylic acids is 1. The summed E-state index contributed by atoms with van der Waals surface area (Å²) >= 11 is 6.37. The molecule has 0 bridgehead atoms. The molecule has 0 saturated carbocycles. The Morgan fingerprint density at radius 1 is 1.03 bits per heavy atom. The van der Waals surface area contributed by atoms with Crippen LogP contribution >= 0.6 is 39.0 Å². The highest BCUT2D eigenvalue weighted by Gasteiger charge is 2.10. The topological polar surface area (TPSA) is 64.1 Å². The van der Waals surface area contributed by atoms with Gasteiger partial charge in [-0.3, -0.25) is 10.1 Å². The molecular formula is C21H16BrN3O2S2. The number of aromatic nitrogens is 2. The number of carbonyl (C=O) groups is 1. The predicted octanol–water partition coefficient (Wildman–Crippen LogP) is 5.76. The largest absolute Gasteiger partial charge is 0.484 e. The second-order valence-corrected chi connectivity index (χ2v) is 9.25. The van der Waals surface area contributed by atoms with Crippen molar-refractivity contribution in [3.8, 4) is 5.75 Å². The van der Waals surface area contributed by atoms with Crippen molar-refractivity contribution >= 4 is 60.8 Å². The maximum absolute atomic E-state index is 12.2. The summed E-state index contributed by atoms with van der Waals surface area (Å²) in [6.07, 6.45) is 0. The van der Waals surface area contributed by atoms with Gasteiger partial charge in [0.1, 0.15) is 5.75 Å². The third-order valence-corrected chi connectivity index (χ3v) is 6.59. The molecule has 0 atom stereocenters. The van der Waals surface area contributed by atoms with E-state index in [-0.39, 0.29) is 12.5 Å². The fourth-order valence-corrected chi connectivity index (χ4v) is 4.59. The molecule has 146 valence electrons. The summed E-state index contributed by atoms with van der Waals surface area (Å²) in [4.78, 5) is 12.2. The number of ether oxygens (including phenoxy) is 1. The molecule has 1 heterocycles. The van der Waals surface area contributed by atoms with Crippen LogP contribution in [0.4, 0.5) is 5.13 Å². The molecule has 1 N–H and O–H groups in total. The molecule has 0 spiro atoms. The monoisotopic (exact) mass is 485 g/mol. The first-order valence-corrected chi connectivity index (χ1v) is 11.4. The molecule has 0 saturated heterocycles. The minimum Gasteiger partial charge on any atom is -0.484 e. The number of benzene rings is 3. The SMILES string of the molecule is O=C(COc1ccc2ccccc2c1)Nc1nnc(SCc2ccc(Br)cc2)s1. The third kappa shape index (κ3) is 5.56. The number of hydrogen-bond acceptors (Lipinski definition) is 6. The molecule has 0 unspecified atom stereocenters. The number of hydrogen-bond donors (Lipinski definition) is 1. The van der Waals surface area contributed by atoms with E-state index >= 15 is 0 Å². The predicted molar refractivity (Wildman–Crippen MR) is 122 cm³/mol. The highest BCUT2D eigenvalue weighted by molar-refractivity contribution is 9.10. The van der Waals surface area contributed by atoms with E-state index in [1.807, 2.05) is 54.6 Å². The van der Waals surface area contributed by atoms with Crippen LogP contribution in [0.25, 0.3) is 10.8 Å². The van der Waals surface area contributed by atoms with Gasteiger partial charge in [-0.05, 0) is 40.6 Å². The molecule has 0 aliphatic heterocycles. The lowest BCUT2D eigenvalue weighted by molar-refractivity contribution is -0.118. The smallest absolute Gasteiger partial charge is 0.264 e. The summed E-state index contributed by atoms with van der Waals surface area (Å²) < 4.78 is 7.46. The van der Waals surface area contributed by atoms with Crippen LogP contribution < -0.4 is 10.1 Å². The first kappa shape index (κ1) is 19.9. The van der Waals surface area contributed by atoms with E-state index in [4.69, 9.17) is 4.74 Å². The molecule has 29 heavy (non-hydrogen) atoms. The lowest BCUT2D eigenvalue weighted by Crippen LogP contribution is -2.20. The number of amides is 1. The summed E-state index contributed by atoms with van der Waals surface area (Å²) in [5.41, 5.74) is 1.20. The molecule has 4 rings (SSSR count). The number of fused-ring (bicyclic) bond motifs is 1. The van der Waals surface area contributed by atoms with Crippen molar-refractivity contribution in [1.82, 2.24) is 10.2 Å². The molecule has 0 aliphatic rings. The molecule has 5 nitrogen and oxygen atoms in total. The Kier molecular flexibility index (Phi) is 6.43. The van der Waals surface area contributed by atoms with Crippen molar-refractivity contribution in [2.45, 2.75) is 10.1 Å². The van der Waals surface area contributed by atoms with Gasteiger partial charge < -0.3 is 4.74 Å². The van der Waals surface area contributed by atoms with E-state index in [2.05, 4.69) is 43.6 Å². The summed E-state index contributed by atoms with van der Waals surface area (Å²) in [5, 5.41) is 13.6. The molecule has 3 aromatic carbocycles. The van der Waals surface area contributed by atoms with Crippen LogP contribution in [0.2, 0.25) is 0 Å². The summed E-state index contributed by atoms with van der Waals surface area (Å²) in [7, 11) is 0. The first-order valence-electron chi connectivity index (χ1n) is 8.78. The second-order valence-electron chi connectivity index (χ2n) is 6.13. The van der Waals surface area contributed by atoms with Crippen molar-refractivity contribution < 1.29 is 9.53 Å². The number of rotatable bonds is 7. The average molecular weight is 486 g/mol. The standard InChI is InChI=1S/C21H16BrN3O2S2/c22-17-8-5-14(6-9-17)13-28-21-25-24-20(29-21)23-19(26)12-27-18-10-7-15-3-1-2-4-16(15)11-18/h1-11H,12-13H2,(H,23,24,26). The van der Waals surface area contributed by atoms with E-state index in [1.165, 1.54) is 16.9 Å². The van der Waals surface area contributed by atoms with Crippen molar-refractivity contribution in [2.24, 2.45) is 0 Å². The van der Waals surface area contributed by atoms with Gasteiger partial charge in [0.2, 0.25) is 5.13 Å². The Morgan fingerprint density at radius 2 is 1.83 bits per heavy atom. The first-order chi connectivity index (χ1) is 14.2. The fraction of sp³-hybridized carbons (Fsp3) is 0.0952. The lowest BCUT2D eigenvalue weighted by atomic mass is 10.1. The zero-order valence-electron chi connectivity index (χ0n) is 15.2.